The Bertz CT molecular complexity index is 951. The van der Waals surface area contributed by atoms with E-state index in [1.165, 1.54) is 22.3 Å². The molecule has 0 amide bonds. The van der Waals surface area contributed by atoms with E-state index in [9.17, 15) is 0 Å². The topological polar surface area (TPSA) is 0 Å². The van der Waals surface area contributed by atoms with Crippen LogP contribution in [0.1, 0.15) is 71.7 Å². The van der Waals surface area contributed by atoms with Gasteiger partial charge < -0.3 is 0 Å². The standard InChI is InChI=1S/C26H30/c1-6-18-13-16(4)14-20-15-23-24(19-11-9-10-12-19)17(5)21(7-2)22(8-3)26(23)25(18)20/h9-11,13-14H,6-8,12,15H2,1-5H3. The molecular weight excluding hydrogens is 312 g/mol. The number of hydrogen-bond acceptors (Lipinski definition) is 0. The van der Waals surface area contributed by atoms with Crippen molar-refractivity contribution in [3.8, 4) is 11.1 Å². The normalized spacial score (nSPS) is 14.6. The van der Waals surface area contributed by atoms with Crippen LogP contribution in [-0.4, -0.2) is 0 Å². The minimum Gasteiger partial charge on any atom is -0.0801 e. The van der Waals surface area contributed by atoms with Crippen LogP contribution in [0.3, 0.4) is 0 Å². The molecule has 0 aliphatic heterocycles. The lowest BCUT2D eigenvalue weighted by Gasteiger charge is -2.23. The lowest BCUT2D eigenvalue weighted by atomic mass is 9.81. The van der Waals surface area contributed by atoms with Crippen molar-refractivity contribution in [2.75, 3.05) is 0 Å². The average Bonchev–Trinajstić information content (AvgIpc) is 3.27. The summed E-state index contributed by atoms with van der Waals surface area (Å²) in [4.78, 5) is 0. The Labute approximate surface area is 158 Å². The fourth-order valence-corrected chi connectivity index (χ4v) is 5.35. The molecule has 0 spiro atoms. The molecule has 0 N–H and O–H groups in total. The second-order valence-corrected chi connectivity index (χ2v) is 7.83. The molecule has 0 aromatic heterocycles. The molecule has 0 radical (unpaired) electrons. The van der Waals surface area contributed by atoms with Crippen LogP contribution < -0.4 is 0 Å². The molecule has 0 atom stereocenters. The summed E-state index contributed by atoms with van der Waals surface area (Å²) < 4.78 is 0. The molecule has 0 nitrogen and oxygen atoms in total. The fraction of sp³-hybridized carbons (Fsp3) is 0.385. The van der Waals surface area contributed by atoms with E-state index >= 15 is 0 Å². The van der Waals surface area contributed by atoms with Gasteiger partial charge in [0.15, 0.2) is 0 Å². The Hall–Kier alpha value is -2.08. The van der Waals surface area contributed by atoms with Crippen LogP contribution in [0.4, 0.5) is 0 Å². The molecule has 2 aromatic rings. The third-order valence-electron chi connectivity index (χ3n) is 6.34. The number of hydrogen-bond donors (Lipinski definition) is 0. The SMILES string of the molecule is CCc1cc(C)cc2c1-c1c(CC)c(CC)c(C)c(C3=CC=CC3)c1C2. The molecule has 134 valence electrons. The van der Waals surface area contributed by atoms with Crippen molar-refractivity contribution in [2.45, 2.75) is 66.7 Å². The van der Waals surface area contributed by atoms with E-state index in [0.29, 0.717) is 0 Å². The summed E-state index contributed by atoms with van der Waals surface area (Å²) in [6.45, 7) is 11.6. The molecule has 0 unspecified atom stereocenters. The van der Waals surface area contributed by atoms with Crippen LogP contribution in [0, 0.1) is 13.8 Å². The van der Waals surface area contributed by atoms with Crippen molar-refractivity contribution < 1.29 is 0 Å². The maximum Gasteiger partial charge on any atom is -0.000699 e. The number of fused-ring (bicyclic) bond motifs is 3. The van der Waals surface area contributed by atoms with Gasteiger partial charge in [0.1, 0.15) is 0 Å². The van der Waals surface area contributed by atoms with Gasteiger partial charge in [0, 0.05) is 0 Å². The van der Waals surface area contributed by atoms with Crippen LogP contribution in [0.5, 0.6) is 0 Å². The molecule has 26 heavy (non-hydrogen) atoms. The molecule has 2 aliphatic rings. The van der Waals surface area contributed by atoms with E-state index in [4.69, 9.17) is 0 Å². The first-order valence-corrected chi connectivity index (χ1v) is 10.3. The Morgan fingerprint density at radius 2 is 1.62 bits per heavy atom. The summed E-state index contributed by atoms with van der Waals surface area (Å²) in [5.74, 6) is 0. The lowest BCUT2D eigenvalue weighted by molar-refractivity contribution is 1.01. The summed E-state index contributed by atoms with van der Waals surface area (Å²) in [5.41, 5.74) is 17.0. The van der Waals surface area contributed by atoms with E-state index in [2.05, 4.69) is 65.0 Å². The van der Waals surface area contributed by atoms with Crippen molar-refractivity contribution >= 4 is 5.57 Å². The van der Waals surface area contributed by atoms with Gasteiger partial charge in [-0.1, -0.05) is 56.7 Å². The molecule has 0 heteroatoms. The molecule has 0 saturated carbocycles. The highest BCUT2D eigenvalue weighted by atomic mass is 14.3. The van der Waals surface area contributed by atoms with Gasteiger partial charge >= 0.3 is 0 Å². The minimum atomic E-state index is 1.08. The van der Waals surface area contributed by atoms with Gasteiger partial charge in [-0.25, -0.2) is 0 Å². The van der Waals surface area contributed by atoms with Crippen molar-refractivity contribution in [3.63, 3.8) is 0 Å². The van der Waals surface area contributed by atoms with E-state index in [1.54, 1.807) is 38.9 Å². The number of aryl methyl sites for hydroxylation is 2. The van der Waals surface area contributed by atoms with E-state index in [1.807, 2.05) is 0 Å². The Morgan fingerprint density at radius 3 is 2.23 bits per heavy atom. The molecule has 4 rings (SSSR count). The van der Waals surface area contributed by atoms with Crippen molar-refractivity contribution in [3.05, 3.63) is 74.9 Å². The molecule has 0 saturated heterocycles. The highest BCUT2D eigenvalue weighted by Gasteiger charge is 2.30. The van der Waals surface area contributed by atoms with Crippen LogP contribution in [0.25, 0.3) is 16.7 Å². The number of allylic oxidation sites excluding steroid dienone is 4. The predicted octanol–water partition coefficient (Wildman–Crippen LogP) is 6.91. The number of benzene rings is 2. The Balaban J connectivity index is 2.10. The highest BCUT2D eigenvalue weighted by Crippen LogP contribution is 2.48. The minimum absolute atomic E-state index is 1.08. The van der Waals surface area contributed by atoms with Crippen LogP contribution >= 0.6 is 0 Å². The lowest BCUT2D eigenvalue weighted by Crippen LogP contribution is -2.06. The monoisotopic (exact) mass is 342 g/mol. The molecule has 0 heterocycles. The van der Waals surface area contributed by atoms with Gasteiger partial charge in [0.25, 0.3) is 0 Å². The van der Waals surface area contributed by atoms with Gasteiger partial charge in [-0.15, -0.1) is 0 Å². The van der Waals surface area contributed by atoms with E-state index in [0.717, 1.165) is 32.1 Å². The van der Waals surface area contributed by atoms with Crippen LogP contribution in [0.15, 0.2) is 30.4 Å². The first-order valence-electron chi connectivity index (χ1n) is 10.3. The summed E-state index contributed by atoms with van der Waals surface area (Å²) >= 11 is 0. The molecule has 2 aromatic carbocycles. The Kier molecular flexibility index (Phi) is 4.39. The van der Waals surface area contributed by atoms with Crippen molar-refractivity contribution in [1.29, 1.82) is 0 Å². The second-order valence-electron chi connectivity index (χ2n) is 7.83. The summed E-state index contributed by atoms with van der Waals surface area (Å²) in [6.07, 6.45) is 12.4. The van der Waals surface area contributed by atoms with Crippen molar-refractivity contribution in [1.82, 2.24) is 0 Å². The largest absolute Gasteiger partial charge is 0.0801 e. The van der Waals surface area contributed by atoms with Gasteiger partial charge in [0.05, 0.1) is 0 Å². The van der Waals surface area contributed by atoms with Crippen LogP contribution in [0.2, 0.25) is 0 Å². The van der Waals surface area contributed by atoms with Gasteiger partial charge in [-0.05, 0) is 102 Å². The first kappa shape index (κ1) is 17.3. The predicted molar refractivity (Wildman–Crippen MR) is 114 cm³/mol. The number of rotatable bonds is 4. The maximum absolute atomic E-state index is 2.43. The van der Waals surface area contributed by atoms with Gasteiger partial charge in [-0.2, -0.15) is 0 Å². The highest BCUT2D eigenvalue weighted by molar-refractivity contribution is 5.90. The molecule has 0 fully saturated rings. The van der Waals surface area contributed by atoms with Crippen LogP contribution in [-0.2, 0) is 25.7 Å². The second kappa shape index (κ2) is 6.58. The average molecular weight is 343 g/mol. The third-order valence-corrected chi connectivity index (χ3v) is 6.34. The first-order chi connectivity index (χ1) is 12.6. The summed E-state index contributed by atoms with van der Waals surface area (Å²) in [6, 6.07) is 4.84. The Morgan fingerprint density at radius 1 is 0.846 bits per heavy atom. The zero-order valence-corrected chi connectivity index (χ0v) is 16.9. The molecule has 0 bridgehead atoms. The molecular formula is C26H30. The maximum atomic E-state index is 2.43. The van der Waals surface area contributed by atoms with Crippen molar-refractivity contribution in [2.24, 2.45) is 0 Å². The quantitative estimate of drug-likeness (QED) is 0.483. The van der Waals surface area contributed by atoms with E-state index in [-0.39, 0.29) is 0 Å². The molecule has 2 aliphatic carbocycles. The zero-order valence-electron chi connectivity index (χ0n) is 16.9. The van der Waals surface area contributed by atoms with Gasteiger partial charge in [-0.3, -0.25) is 0 Å². The summed E-state index contributed by atoms with van der Waals surface area (Å²) in [5, 5.41) is 0. The smallest absolute Gasteiger partial charge is 0.000699 e. The van der Waals surface area contributed by atoms with Gasteiger partial charge in [0.2, 0.25) is 0 Å². The zero-order chi connectivity index (χ0) is 18.4. The third kappa shape index (κ3) is 2.42. The summed E-state index contributed by atoms with van der Waals surface area (Å²) in [7, 11) is 0. The van der Waals surface area contributed by atoms with E-state index < -0.39 is 0 Å². The fourth-order valence-electron chi connectivity index (χ4n) is 5.35.